The van der Waals surface area contributed by atoms with Crippen molar-refractivity contribution < 1.29 is 0 Å². The number of hydrogen-bond donors (Lipinski definition) is 1. The smallest absolute Gasteiger partial charge is 0.204 e. The molecule has 2 aromatic heterocycles. The average Bonchev–Trinajstić information content (AvgIpc) is 2.92. The molecule has 4 aromatic rings. The number of anilines is 2. The zero-order chi connectivity index (χ0) is 15.1. The molecule has 0 amide bonds. The number of hydrogen-bond acceptors (Lipinski definition) is 4. The van der Waals surface area contributed by atoms with E-state index in [1.165, 1.54) is 0 Å². The van der Waals surface area contributed by atoms with E-state index in [1.807, 2.05) is 53.8 Å². The first-order valence-corrected chi connectivity index (χ1v) is 7.17. The molecule has 4 rings (SSSR count). The molecule has 1 N–H and O–H groups in total. The Bertz CT molecular complexity index is 987. The van der Waals surface area contributed by atoms with Crippen molar-refractivity contribution in [3.8, 4) is 0 Å². The number of benzene rings is 2. The Labute approximate surface area is 127 Å². The van der Waals surface area contributed by atoms with Gasteiger partial charge in [0.15, 0.2) is 5.82 Å². The van der Waals surface area contributed by atoms with Gasteiger partial charge in [-0.15, -0.1) is 10.2 Å². The lowest BCUT2D eigenvalue weighted by Crippen LogP contribution is -2.01. The first kappa shape index (κ1) is 12.8. The van der Waals surface area contributed by atoms with Gasteiger partial charge in [-0.1, -0.05) is 30.3 Å². The molecule has 0 spiro atoms. The topological polar surface area (TPSA) is 55.1 Å². The lowest BCUT2D eigenvalue weighted by Gasteiger charge is -2.11. The Morgan fingerprint density at radius 1 is 0.909 bits per heavy atom. The molecule has 5 heteroatoms. The van der Waals surface area contributed by atoms with Gasteiger partial charge < -0.3 is 5.32 Å². The maximum atomic E-state index is 4.72. The molecular formula is C17H15N5. The SMILES string of the molecule is Cc1ccccc1Nc1nc2ccccc2n2c(C)nnc12. The van der Waals surface area contributed by atoms with Crippen LogP contribution in [-0.4, -0.2) is 19.6 Å². The minimum Gasteiger partial charge on any atom is -0.337 e. The van der Waals surface area contributed by atoms with Crippen molar-refractivity contribution in [2.45, 2.75) is 13.8 Å². The van der Waals surface area contributed by atoms with E-state index >= 15 is 0 Å². The van der Waals surface area contributed by atoms with Crippen LogP contribution in [0.4, 0.5) is 11.5 Å². The highest BCUT2D eigenvalue weighted by Crippen LogP contribution is 2.25. The molecule has 0 fully saturated rings. The van der Waals surface area contributed by atoms with Crippen LogP contribution in [0.25, 0.3) is 16.7 Å². The monoisotopic (exact) mass is 289 g/mol. The van der Waals surface area contributed by atoms with Gasteiger partial charge in [0.1, 0.15) is 5.82 Å². The molecule has 0 aliphatic rings. The van der Waals surface area contributed by atoms with E-state index in [1.54, 1.807) is 0 Å². The van der Waals surface area contributed by atoms with Gasteiger partial charge in [0.05, 0.1) is 11.0 Å². The minimum absolute atomic E-state index is 0.716. The fourth-order valence-corrected chi connectivity index (χ4v) is 2.65. The van der Waals surface area contributed by atoms with Crippen LogP contribution in [0, 0.1) is 13.8 Å². The van der Waals surface area contributed by atoms with Crippen molar-refractivity contribution in [2.24, 2.45) is 0 Å². The average molecular weight is 289 g/mol. The first-order chi connectivity index (χ1) is 10.7. The molecule has 2 aromatic carbocycles. The van der Waals surface area contributed by atoms with Crippen LogP contribution in [0.5, 0.6) is 0 Å². The van der Waals surface area contributed by atoms with Crippen LogP contribution in [0.3, 0.4) is 0 Å². The summed E-state index contributed by atoms with van der Waals surface area (Å²) in [4.78, 5) is 4.72. The molecule has 0 radical (unpaired) electrons. The third kappa shape index (κ3) is 1.90. The van der Waals surface area contributed by atoms with Crippen molar-refractivity contribution in [3.05, 3.63) is 59.9 Å². The van der Waals surface area contributed by atoms with Gasteiger partial charge >= 0.3 is 0 Å². The summed E-state index contributed by atoms with van der Waals surface area (Å²) < 4.78 is 2.03. The molecule has 0 bridgehead atoms. The second-order valence-electron chi connectivity index (χ2n) is 5.30. The molecule has 0 unspecified atom stereocenters. The van der Waals surface area contributed by atoms with Crippen LogP contribution >= 0.6 is 0 Å². The van der Waals surface area contributed by atoms with Crippen LogP contribution in [0.15, 0.2) is 48.5 Å². The highest BCUT2D eigenvalue weighted by molar-refractivity contribution is 5.84. The summed E-state index contributed by atoms with van der Waals surface area (Å²) in [6.07, 6.45) is 0. The lowest BCUT2D eigenvalue weighted by atomic mass is 10.2. The zero-order valence-electron chi connectivity index (χ0n) is 12.4. The summed E-state index contributed by atoms with van der Waals surface area (Å²) in [7, 11) is 0. The van der Waals surface area contributed by atoms with Gasteiger partial charge in [0.2, 0.25) is 5.65 Å². The van der Waals surface area contributed by atoms with Gasteiger partial charge in [0, 0.05) is 5.69 Å². The largest absolute Gasteiger partial charge is 0.337 e. The van der Waals surface area contributed by atoms with Crippen LogP contribution in [0.1, 0.15) is 11.4 Å². The Morgan fingerprint density at radius 3 is 2.55 bits per heavy atom. The number of para-hydroxylation sites is 3. The fraction of sp³-hybridized carbons (Fsp3) is 0.118. The molecule has 5 nitrogen and oxygen atoms in total. The Balaban J connectivity index is 1.98. The Kier molecular flexibility index (Phi) is 2.79. The number of aromatic nitrogens is 4. The molecule has 0 aliphatic heterocycles. The van der Waals surface area contributed by atoms with Gasteiger partial charge in [-0.3, -0.25) is 4.40 Å². The fourth-order valence-electron chi connectivity index (χ4n) is 2.65. The van der Waals surface area contributed by atoms with Crippen LogP contribution < -0.4 is 5.32 Å². The number of aryl methyl sites for hydroxylation is 2. The molecular weight excluding hydrogens is 274 g/mol. The van der Waals surface area contributed by atoms with E-state index in [9.17, 15) is 0 Å². The maximum Gasteiger partial charge on any atom is 0.204 e. The summed E-state index contributed by atoms with van der Waals surface area (Å²) in [6, 6.07) is 16.1. The van der Waals surface area contributed by atoms with E-state index in [0.717, 1.165) is 33.8 Å². The second-order valence-corrected chi connectivity index (χ2v) is 5.30. The summed E-state index contributed by atoms with van der Waals surface area (Å²) in [5, 5.41) is 11.9. The van der Waals surface area contributed by atoms with Crippen molar-refractivity contribution in [3.63, 3.8) is 0 Å². The van der Waals surface area contributed by atoms with E-state index in [0.29, 0.717) is 5.82 Å². The van der Waals surface area contributed by atoms with E-state index in [-0.39, 0.29) is 0 Å². The third-order valence-electron chi connectivity index (χ3n) is 3.79. The standard InChI is InChI=1S/C17H15N5/c1-11-7-3-4-8-13(11)18-16-17-21-20-12(2)22(17)15-10-6-5-9-14(15)19-16/h3-10H,1-2H3,(H,18,19). The number of nitrogens with one attached hydrogen (secondary N) is 1. The summed E-state index contributed by atoms with van der Waals surface area (Å²) in [5.41, 5.74) is 4.84. The molecule has 22 heavy (non-hydrogen) atoms. The van der Waals surface area contributed by atoms with E-state index in [2.05, 4.69) is 28.5 Å². The van der Waals surface area contributed by atoms with Gasteiger partial charge in [0.25, 0.3) is 0 Å². The molecule has 0 saturated carbocycles. The number of fused-ring (bicyclic) bond motifs is 3. The molecule has 0 aliphatic carbocycles. The van der Waals surface area contributed by atoms with Crippen molar-refractivity contribution >= 4 is 28.2 Å². The van der Waals surface area contributed by atoms with Crippen molar-refractivity contribution in [1.29, 1.82) is 0 Å². The molecule has 0 atom stereocenters. The van der Waals surface area contributed by atoms with Crippen LogP contribution in [-0.2, 0) is 0 Å². The predicted octanol–water partition coefficient (Wildman–Crippen LogP) is 3.64. The molecule has 2 heterocycles. The van der Waals surface area contributed by atoms with Crippen LogP contribution in [0.2, 0.25) is 0 Å². The molecule has 108 valence electrons. The maximum absolute atomic E-state index is 4.72. The van der Waals surface area contributed by atoms with E-state index < -0.39 is 0 Å². The lowest BCUT2D eigenvalue weighted by molar-refractivity contribution is 1.02. The quantitative estimate of drug-likeness (QED) is 0.612. The predicted molar refractivity (Wildman–Crippen MR) is 87.5 cm³/mol. The zero-order valence-corrected chi connectivity index (χ0v) is 12.4. The highest BCUT2D eigenvalue weighted by Gasteiger charge is 2.13. The third-order valence-corrected chi connectivity index (χ3v) is 3.79. The summed E-state index contributed by atoms with van der Waals surface area (Å²) in [5.74, 6) is 1.56. The van der Waals surface area contributed by atoms with Crippen molar-refractivity contribution in [2.75, 3.05) is 5.32 Å². The van der Waals surface area contributed by atoms with Gasteiger partial charge in [-0.05, 0) is 37.6 Å². The van der Waals surface area contributed by atoms with E-state index in [4.69, 9.17) is 4.98 Å². The summed E-state index contributed by atoms with van der Waals surface area (Å²) in [6.45, 7) is 4.01. The normalized spacial score (nSPS) is 11.2. The molecule has 0 saturated heterocycles. The number of nitrogens with zero attached hydrogens (tertiary/aromatic N) is 4. The summed E-state index contributed by atoms with van der Waals surface area (Å²) >= 11 is 0. The Hall–Kier alpha value is -2.95. The van der Waals surface area contributed by atoms with Gasteiger partial charge in [-0.25, -0.2) is 4.98 Å². The highest BCUT2D eigenvalue weighted by atomic mass is 15.3. The first-order valence-electron chi connectivity index (χ1n) is 7.17. The second kappa shape index (κ2) is 4.80. The van der Waals surface area contributed by atoms with Gasteiger partial charge in [-0.2, -0.15) is 0 Å². The number of rotatable bonds is 2. The Morgan fingerprint density at radius 2 is 1.68 bits per heavy atom. The minimum atomic E-state index is 0.716. The van der Waals surface area contributed by atoms with Crippen molar-refractivity contribution in [1.82, 2.24) is 19.6 Å².